The van der Waals surface area contributed by atoms with Gasteiger partial charge in [0.05, 0.1) is 0 Å². The van der Waals surface area contributed by atoms with Gasteiger partial charge >= 0.3 is 0 Å². The average molecular weight is 125 g/mol. The Labute approximate surface area is 54.8 Å². The van der Waals surface area contributed by atoms with Gasteiger partial charge in [-0.1, -0.05) is 0 Å². The van der Waals surface area contributed by atoms with Crippen LogP contribution in [0.2, 0.25) is 0 Å². The SMILES string of the molecule is CC(=N/C=N)/C(C)=C/N. The lowest BCUT2D eigenvalue weighted by molar-refractivity contribution is 1.43. The first kappa shape index (κ1) is 7.88. The van der Waals surface area contributed by atoms with E-state index in [1.807, 2.05) is 13.8 Å². The Morgan fingerprint density at radius 3 is 2.44 bits per heavy atom. The van der Waals surface area contributed by atoms with E-state index in [2.05, 4.69) is 4.99 Å². The highest BCUT2D eigenvalue weighted by Gasteiger charge is 1.88. The summed E-state index contributed by atoms with van der Waals surface area (Å²) in [5, 5.41) is 6.62. The summed E-state index contributed by atoms with van der Waals surface area (Å²) < 4.78 is 0. The van der Waals surface area contributed by atoms with Crippen molar-refractivity contribution in [2.75, 3.05) is 0 Å². The van der Waals surface area contributed by atoms with Crippen molar-refractivity contribution in [3.8, 4) is 0 Å². The Bertz CT molecular complexity index is 156. The lowest BCUT2D eigenvalue weighted by Gasteiger charge is -1.93. The van der Waals surface area contributed by atoms with Gasteiger partial charge in [0.15, 0.2) is 0 Å². The third-order valence-corrected chi connectivity index (χ3v) is 1.08. The highest BCUT2D eigenvalue weighted by Crippen LogP contribution is 1.91. The lowest BCUT2D eigenvalue weighted by Crippen LogP contribution is -1.96. The van der Waals surface area contributed by atoms with Gasteiger partial charge in [-0.2, -0.15) is 0 Å². The molecule has 0 bridgehead atoms. The van der Waals surface area contributed by atoms with E-state index in [0.717, 1.165) is 17.6 Å². The minimum absolute atomic E-state index is 0.785. The number of aliphatic imine (C=N–C) groups is 1. The molecule has 50 valence electrons. The van der Waals surface area contributed by atoms with Gasteiger partial charge in [0.2, 0.25) is 0 Å². The number of allylic oxidation sites excluding steroid dienone is 1. The summed E-state index contributed by atoms with van der Waals surface area (Å²) in [4.78, 5) is 3.71. The first-order valence-corrected chi connectivity index (χ1v) is 2.64. The summed E-state index contributed by atoms with van der Waals surface area (Å²) in [5.41, 5.74) is 6.87. The summed E-state index contributed by atoms with van der Waals surface area (Å²) in [6, 6.07) is 0. The van der Waals surface area contributed by atoms with Crippen LogP contribution in [0.15, 0.2) is 16.8 Å². The number of nitrogens with two attached hydrogens (primary N) is 1. The van der Waals surface area contributed by atoms with Gasteiger partial charge in [0.25, 0.3) is 0 Å². The molecule has 0 aromatic heterocycles. The molecule has 0 unspecified atom stereocenters. The van der Waals surface area contributed by atoms with Crippen LogP contribution in [0.5, 0.6) is 0 Å². The molecule has 3 nitrogen and oxygen atoms in total. The van der Waals surface area contributed by atoms with Crippen molar-refractivity contribution in [3.63, 3.8) is 0 Å². The van der Waals surface area contributed by atoms with Crippen LogP contribution in [0.25, 0.3) is 0 Å². The molecule has 0 rings (SSSR count). The molecule has 0 amide bonds. The van der Waals surface area contributed by atoms with Crippen molar-refractivity contribution in [2.24, 2.45) is 10.7 Å². The summed E-state index contributed by atoms with van der Waals surface area (Å²) in [7, 11) is 0. The Hall–Kier alpha value is -1.12. The molecule has 0 aliphatic carbocycles. The minimum Gasteiger partial charge on any atom is -0.404 e. The van der Waals surface area contributed by atoms with Crippen LogP contribution < -0.4 is 5.73 Å². The van der Waals surface area contributed by atoms with E-state index in [1.54, 1.807) is 0 Å². The summed E-state index contributed by atoms with van der Waals surface area (Å²) in [6.07, 6.45) is 2.48. The van der Waals surface area contributed by atoms with Crippen LogP contribution in [0.3, 0.4) is 0 Å². The van der Waals surface area contributed by atoms with Crippen molar-refractivity contribution in [1.29, 1.82) is 5.41 Å². The average Bonchev–Trinajstić information content (AvgIpc) is 1.87. The topological polar surface area (TPSA) is 62.2 Å². The zero-order chi connectivity index (χ0) is 7.28. The molecular weight excluding hydrogens is 114 g/mol. The highest BCUT2D eigenvalue weighted by molar-refractivity contribution is 6.01. The van der Waals surface area contributed by atoms with Gasteiger partial charge < -0.3 is 5.73 Å². The predicted molar refractivity (Wildman–Crippen MR) is 39.8 cm³/mol. The van der Waals surface area contributed by atoms with Gasteiger partial charge in [-0.05, 0) is 25.6 Å². The zero-order valence-corrected chi connectivity index (χ0v) is 5.68. The second-order valence-corrected chi connectivity index (χ2v) is 1.69. The number of hydrogen-bond donors (Lipinski definition) is 2. The fourth-order valence-electron chi connectivity index (χ4n) is 0.319. The Kier molecular flexibility index (Phi) is 3.35. The Morgan fingerprint density at radius 1 is 1.56 bits per heavy atom. The highest BCUT2D eigenvalue weighted by atomic mass is 14.8. The van der Waals surface area contributed by atoms with E-state index in [-0.39, 0.29) is 0 Å². The number of rotatable bonds is 2. The second-order valence-electron chi connectivity index (χ2n) is 1.69. The molecule has 0 radical (unpaired) electrons. The van der Waals surface area contributed by atoms with Crippen LogP contribution in [0.4, 0.5) is 0 Å². The van der Waals surface area contributed by atoms with Gasteiger partial charge in [-0.25, -0.2) is 4.99 Å². The van der Waals surface area contributed by atoms with E-state index in [1.165, 1.54) is 6.20 Å². The van der Waals surface area contributed by atoms with Crippen LogP contribution in [0, 0.1) is 5.41 Å². The standard InChI is InChI=1S/C6H11N3/c1-5(3-7)6(2)9-4-8/h3-4,8H,7H2,1-2H3/b5-3+,8-4?,9-6-. The molecule has 0 saturated heterocycles. The second kappa shape index (κ2) is 3.83. The van der Waals surface area contributed by atoms with Gasteiger partial charge in [0.1, 0.15) is 6.34 Å². The maximum Gasteiger partial charge on any atom is 0.107 e. The monoisotopic (exact) mass is 125 g/mol. The van der Waals surface area contributed by atoms with Crippen molar-refractivity contribution < 1.29 is 0 Å². The molecular formula is C6H11N3. The molecule has 0 heterocycles. The van der Waals surface area contributed by atoms with E-state index < -0.39 is 0 Å². The normalized spacial score (nSPS) is 13.6. The maximum absolute atomic E-state index is 6.62. The molecule has 3 N–H and O–H groups in total. The lowest BCUT2D eigenvalue weighted by atomic mass is 10.2. The van der Waals surface area contributed by atoms with Gasteiger partial charge in [0, 0.05) is 5.71 Å². The number of hydrogen-bond acceptors (Lipinski definition) is 2. The first-order valence-electron chi connectivity index (χ1n) is 2.64. The van der Waals surface area contributed by atoms with E-state index in [0.29, 0.717) is 0 Å². The molecule has 0 aromatic rings. The quantitative estimate of drug-likeness (QED) is 0.418. The van der Waals surface area contributed by atoms with E-state index >= 15 is 0 Å². The molecule has 0 aromatic carbocycles. The summed E-state index contributed by atoms with van der Waals surface area (Å²) in [5.74, 6) is 0. The zero-order valence-electron chi connectivity index (χ0n) is 5.68. The fourth-order valence-corrected chi connectivity index (χ4v) is 0.319. The van der Waals surface area contributed by atoms with Crippen LogP contribution in [0.1, 0.15) is 13.8 Å². The molecule has 9 heavy (non-hydrogen) atoms. The molecule has 0 fully saturated rings. The Morgan fingerprint density at radius 2 is 2.11 bits per heavy atom. The Balaban J connectivity index is 4.19. The largest absolute Gasteiger partial charge is 0.404 e. The summed E-state index contributed by atoms with van der Waals surface area (Å²) in [6.45, 7) is 3.66. The van der Waals surface area contributed by atoms with Crippen LogP contribution in [-0.4, -0.2) is 12.1 Å². The smallest absolute Gasteiger partial charge is 0.107 e. The number of nitrogens with one attached hydrogen (secondary N) is 1. The van der Waals surface area contributed by atoms with Gasteiger partial charge in [-0.3, -0.25) is 5.41 Å². The van der Waals surface area contributed by atoms with E-state index in [4.69, 9.17) is 11.1 Å². The molecule has 3 heteroatoms. The maximum atomic E-state index is 6.62. The third kappa shape index (κ3) is 2.64. The number of nitrogens with zero attached hydrogens (tertiary/aromatic N) is 1. The van der Waals surface area contributed by atoms with Crippen molar-refractivity contribution in [1.82, 2.24) is 0 Å². The van der Waals surface area contributed by atoms with Crippen LogP contribution in [-0.2, 0) is 0 Å². The third-order valence-electron chi connectivity index (χ3n) is 1.08. The molecule has 0 aliphatic rings. The molecule has 0 saturated carbocycles. The molecule has 0 aliphatic heterocycles. The molecule has 0 spiro atoms. The van der Waals surface area contributed by atoms with Crippen molar-refractivity contribution in [3.05, 3.63) is 11.8 Å². The van der Waals surface area contributed by atoms with Gasteiger partial charge in [-0.15, -0.1) is 0 Å². The van der Waals surface area contributed by atoms with Crippen molar-refractivity contribution in [2.45, 2.75) is 13.8 Å². The fraction of sp³-hybridized carbons (Fsp3) is 0.333. The van der Waals surface area contributed by atoms with Crippen molar-refractivity contribution >= 4 is 12.1 Å². The first-order chi connectivity index (χ1) is 4.22. The predicted octanol–water partition coefficient (Wildman–Crippen LogP) is 0.917. The van der Waals surface area contributed by atoms with Crippen LogP contribution >= 0.6 is 0 Å². The minimum atomic E-state index is 0.785. The van der Waals surface area contributed by atoms with E-state index in [9.17, 15) is 0 Å². The molecule has 0 atom stereocenters. The summed E-state index contributed by atoms with van der Waals surface area (Å²) >= 11 is 0.